The van der Waals surface area contributed by atoms with Crippen LogP contribution in [0.3, 0.4) is 0 Å². The molecule has 0 amide bonds. The van der Waals surface area contributed by atoms with Gasteiger partial charge in [-0.3, -0.25) is 4.79 Å². The van der Waals surface area contributed by atoms with Gasteiger partial charge in [-0.1, -0.05) is 11.2 Å². The fourth-order valence-corrected chi connectivity index (χ4v) is 1.19. The largest absolute Gasteiger partial charge is 0.475 e. The number of ketones is 1. The average Bonchev–Trinajstić information content (AvgIpc) is 2.63. The van der Waals surface area contributed by atoms with Gasteiger partial charge < -0.3 is 9.63 Å². The first-order chi connectivity index (χ1) is 6.70. The van der Waals surface area contributed by atoms with Crippen molar-refractivity contribution < 1.29 is 19.2 Å². The molecule has 0 spiro atoms. The van der Waals surface area contributed by atoms with E-state index in [1.807, 2.05) is 0 Å². The van der Waals surface area contributed by atoms with E-state index in [9.17, 15) is 9.59 Å². The van der Waals surface area contributed by atoms with Crippen LogP contribution in [0, 0.1) is 0 Å². The first-order valence-electron chi connectivity index (χ1n) is 3.81. The van der Waals surface area contributed by atoms with E-state index in [1.54, 1.807) is 12.1 Å². The van der Waals surface area contributed by atoms with Crippen LogP contribution in [-0.4, -0.2) is 22.0 Å². The lowest BCUT2D eigenvalue weighted by Crippen LogP contribution is -2.12. The van der Waals surface area contributed by atoms with E-state index in [0.717, 1.165) is 0 Å². The van der Waals surface area contributed by atoms with Crippen molar-refractivity contribution in [3.63, 3.8) is 0 Å². The monoisotopic (exact) mass is 191 g/mol. The number of fused-ring (bicyclic) bond motifs is 1. The van der Waals surface area contributed by atoms with E-state index < -0.39 is 11.8 Å². The highest BCUT2D eigenvalue weighted by molar-refractivity contribution is 6.41. The molecule has 0 atom stereocenters. The molecule has 2 aromatic rings. The highest BCUT2D eigenvalue weighted by atomic mass is 16.5. The zero-order valence-electron chi connectivity index (χ0n) is 6.93. The minimum Gasteiger partial charge on any atom is -0.475 e. The van der Waals surface area contributed by atoms with Crippen LogP contribution >= 0.6 is 0 Å². The summed E-state index contributed by atoms with van der Waals surface area (Å²) in [5.41, 5.74) is 0.229. The number of carboxylic acids is 1. The summed E-state index contributed by atoms with van der Waals surface area (Å²) in [5.74, 6) is -2.50. The quantitative estimate of drug-likeness (QED) is 0.567. The molecule has 2 rings (SSSR count). The van der Waals surface area contributed by atoms with Gasteiger partial charge in [0, 0.05) is 5.39 Å². The maximum Gasteiger partial charge on any atom is 0.377 e. The Morgan fingerprint density at radius 1 is 1.36 bits per heavy atom. The van der Waals surface area contributed by atoms with Gasteiger partial charge in [0.05, 0.1) is 11.8 Å². The number of para-hydroxylation sites is 1. The van der Waals surface area contributed by atoms with Crippen LogP contribution in [-0.2, 0) is 4.79 Å². The fourth-order valence-electron chi connectivity index (χ4n) is 1.19. The number of carbonyl (C=O) groups excluding carboxylic acids is 1. The highest BCUT2D eigenvalue weighted by Crippen LogP contribution is 2.18. The molecule has 5 heteroatoms. The number of Topliss-reactive ketones (excluding diaryl/α,β-unsaturated/α-hetero) is 1. The second-order valence-electron chi connectivity index (χ2n) is 2.68. The molecule has 5 nitrogen and oxygen atoms in total. The summed E-state index contributed by atoms with van der Waals surface area (Å²) < 4.78 is 4.79. The molecule has 1 heterocycles. The van der Waals surface area contributed by atoms with Gasteiger partial charge in [-0.2, -0.15) is 0 Å². The summed E-state index contributed by atoms with van der Waals surface area (Å²) in [6.07, 6.45) is 1.42. The molecule has 1 N–H and O–H groups in total. The van der Waals surface area contributed by atoms with Crippen LogP contribution < -0.4 is 0 Å². The van der Waals surface area contributed by atoms with Gasteiger partial charge in [-0.25, -0.2) is 4.79 Å². The van der Waals surface area contributed by atoms with E-state index in [-0.39, 0.29) is 11.1 Å². The Morgan fingerprint density at radius 3 is 2.86 bits per heavy atom. The van der Waals surface area contributed by atoms with E-state index >= 15 is 0 Å². The SMILES string of the molecule is O=C(O)C(=O)c1cccc2cnoc12. The molecule has 0 aliphatic carbocycles. The average molecular weight is 191 g/mol. The Bertz CT molecular complexity index is 514. The van der Waals surface area contributed by atoms with Crippen molar-refractivity contribution in [2.45, 2.75) is 0 Å². The molecule has 0 fully saturated rings. The first-order valence-corrected chi connectivity index (χ1v) is 3.81. The summed E-state index contributed by atoms with van der Waals surface area (Å²) >= 11 is 0. The zero-order chi connectivity index (χ0) is 10.1. The van der Waals surface area contributed by atoms with Crippen molar-refractivity contribution in [2.75, 3.05) is 0 Å². The molecule has 0 radical (unpaired) electrons. The fraction of sp³-hybridized carbons (Fsp3) is 0. The number of nitrogens with zero attached hydrogens (tertiary/aromatic N) is 1. The normalized spacial score (nSPS) is 10.3. The van der Waals surface area contributed by atoms with Crippen molar-refractivity contribution in [3.8, 4) is 0 Å². The molecule has 0 aliphatic heterocycles. The van der Waals surface area contributed by atoms with Gasteiger partial charge in [-0.05, 0) is 12.1 Å². The number of hydrogen-bond acceptors (Lipinski definition) is 4. The van der Waals surface area contributed by atoms with E-state index in [0.29, 0.717) is 5.39 Å². The minimum atomic E-state index is -1.51. The van der Waals surface area contributed by atoms with Gasteiger partial charge in [0.25, 0.3) is 5.78 Å². The summed E-state index contributed by atoms with van der Waals surface area (Å²) in [6.45, 7) is 0. The Morgan fingerprint density at radius 2 is 2.14 bits per heavy atom. The van der Waals surface area contributed by atoms with Gasteiger partial charge in [0.1, 0.15) is 0 Å². The third kappa shape index (κ3) is 1.15. The third-order valence-electron chi connectivity index (χ3n) is 1.82. The second-order valence-corrected chi connectivity index (χ2v) is 2.68. The topological polar surface area (TPSA) is 80.4 Å². The number of benzene rings is 1. The standard InChI is InChI=1S/C9H5NO4/c11-7(9(12)13)6-3-1-2-5-4-10-14-8(5)6/h1-4H,(H,12,13). The number of rotatable bonds is 2. The van der Waals surface area contributed by atoms with Gasteiger partial charge in [0.2, 0.25) is 0 Å². The zero-order valence-corrected chi connectivity index (χ0v) is 6.93. The second kappa shape index (κ2) is 2.95. The molecule has 0 saturated carbocycles. The molecule has 1 aromatic carbocycles. The Balaban J connectivity index is 2.67. The molecule has 14 heavy (non-hydrogen) atoms. The maximum absolute atomic E-state index is 11.2. The number of aliphatic carboxylic acids is 1. The Labute approximate surface area is 77.9 Å². The van der Waals surface area contributed by atoms with Gasteiger partial charge in [0.15, 0.2) is 5.58 Å². The molecule has 0 aliphatic rings. The lowest BCUT2D eigenvalue weighted by Gasteiger charge is -1.94. The molecular weight excluding hydrogens is 186 g/mol. The molecule has 0 unspecified atom stereocenters. The number of hydrogen-bond donors (Lipinski definition) is 1. The molecule has 70 valence electrons. The molecule has 0 bridgehead atoms. The minimum absolute atomic E-state index is 0.0208. The van der Waals surface area contributed by atoms with E-state index in [2.05, 4.69) is 5.16 Å². The Kier molecular flexibility index (Phi) is 1.78. The van der Waals surface area contributed by atoms with Crippen molar-refractivity contribution in [1.82, 2.24) is 5.16 Å². The van der Waals surface area contributed by atoms with E-state index in [4.69, 9.17) is 9.63 Å². The van der Waals surface area contributed by atoms with Gasteiger partial charge in [-0.15, -0.1) is 0 Å². The van der Waals surface area contributed by atoms with Crippen LogP contribution in [0.15, 0.2) is 28.9 Å². The first kappa shape index (κ1) is 8.43. The predicted octanol–water partition coefficient (Wildman–Crippen LogP) is 1.10. The predicted molar refractivity (Wildman–Crippen MR) is 46.0 cm³/mol. The lowest BCUT2D eigenvalue weighted by molar-refractivity contribution is -0.131. The van der Waals surface area contributed by atoms with Crippen molar-refractivity contribution >= 4 is 22.7 Å². The van der Waals surface area contributed by atoms with Crippen molar-refractivity contribution in [2.24, 2.45) is 0 Å². The maximum atomic E-state index is 11.2. The highest BCUT2D eigenvalue weighted by Gasteiger charge is 2.19. The van der Waals surface area contributed by atoms with Crippen molar-refractivity contribution in [1.29, 1.82) is 0 Å². The van der Waals surface area contributed by atoms with Crippen molar-refractivity contribution in [3.05, 3.63) is 30.0 Å². The summed E-state index contributed by atoms with van der Waals surface area (Å²) in [5, 5.41) is 12.6. The summed E-state index contributed by atoms with van der Waals surface area (Å²) in [6, 6.07) is 4.66. The molecular formula is C9H5NO4. The van der Waals surface area contributed by atoms with Crippen LogP contribution in [0.4, 0.5) is 0 Å². The summed E-state index contributed by atoms with van der Waals surface area (Å²) in [7, 11) is 0. The molecule has 1 aromatic heterocycles. The Hall–Kier alpha value is -2.17. The van der Waals surface area contributed by atoms with Crippen LogP contribution in [0.25, 0.3) is 11.0 Å². The number of carbonyl (C=O) groups is 2. The third-order valence-corrected chi connectivity index (χ3v) is 1.82. The smallest absolute Gasteiger partial charge is 0.377 e. The van der Waals surface area contributed by atoms with Gasteiger partial charge >= 0.3 is 5.97 Å². The van der Waals surface area contributed by atoms with Crippen LogP contribution in [0.5, 0.6) is 0 Å². The van der Waals surface area contributed by atoms with Crippen LogP contribution in [0.1, 0.15) is 10.4 Å². The lowest BCUT2D eigenvalue weighted by atomic mass is 10.1. The number of carboxylic acid groups (broad SMARTS) is 1. The molecule has 0 saturated heterocycles. The van der Waals surface area contributed by atoms with Crippen LogP contribution in [0.2, 0.25) is 0 Å². The summed E-state index contributed by atoms with van der Waals surface area (Å²) in [4.78, 5) is 21.6. The van der Waals surface area contributed by atoms with E-state index in [1.165, 1.54) is 12.3 Å². The number of aromatic nitrogens is 1.